The van der Waals surface area contributed by atoms with Gasteiger partial charge < -0.3 is 28.7 Å². The molecule has 0 aliphatic carbocycles. The molecule has 78 valence electrons. The first-order chi connectivity index (χ1) is 6.23. The van der Waals surface area contributed by atoms with Gasteiger partial charge in [-0.05, 0) is 25.8 Å². The van der Waals surface area contributed by atoms with Crippen LogP contribution in [0.2, 0.25) is 0 Å². The van der Waals surface area contributed by atoms with Gasteiger partial charge in [-0.15, -0.1) is 0 Å². The van der Waals surface area contributed by atoms with Crippen LogP contribution in [0.25, 0.3) is 0 Å². The highest BCUT2D eigenvalue weighted by molar-refractivity contribution is 7.64. The van der Waals surface area contributed by atoms with E-state index in [1.807, 2.05) is 0 Å². The van der Waals surface area contributed by atoms with E-state index in [1.165, 1.54) is 0 Å². The maximum absolute atomic E-state index is 10.6. The smallest absolute Gasteiger partial charge is 0.00727 e. The Balaban J connectivity index is 3.47. The summed E-state index contributed by atoms with van der Waals surface area (Å²) in [7, 11) is -10.4. The number of hydrogen-bond acceptors (Lipinski definition) is 6. The summed E-state index contributed by atoms with van der Waals surface area (Å²) < 4.78 is 21.1. The minimum Gasteiger partial charge on any atom is -0.807 e. The van der Waals surface area contributed by atoms with Crippen LogP contribution >= 0.6 is 15.2 Å². The Bertz CT molecular complexity index is 389. The van der Waals surface area contributed by atoms with Gasteiger partial charge >= 0.3 is 0 Å². The van der Waals surface area contributed by atoms with Gasteiger partial charge in [-0.3, -0.25) is 0 Å². The molecule has 8 heteroatoms. The predicted octanol–water partition coefficient (Wildman–Crippen LogP) is -3.24. The Hall–Kier alpha value is -0.480. The minimum atomic E-state index is -5.22. The summed E-state index contributed by atoms with van der Waals surface area (Å²) in [5, 5.41) is -1.96. The first-order valence-electron chi connectivity index (χ1n) is 3.37. The highest BCUT2D eigenvalue weighted by Gasteiger charge is 2.07. The zero-order valence-corrected chi connectivity index (χ0v) is 8.44. The van der Waals surface area contributed by atoms with E-state index in [9.17, 15) is 28.7 Å². The van der Waals surface area contributed by atoms with Gasteiger partial charge in [0.2, 0.25) is 0 Å². The van der Waals surface area contributed by atoms with Crippen molar-refractivity contribution < 1.29 is 28.7 Å². The Morgan fingerprint density at radius 2 is 1.07 bits per heavy atom. The molecule has 0 bridgehead atoms. The molecule has 0 N–H and O–H groups in total. The lowest BCUT2D eigenvalue weighted by Crippen LogP contribution is -2.39. The van der Waals surface area contributed by atoms with Crippen molar-refractivity contribution in [1.82, 2.24) is 0 Å². The average molecular weight is 234 g/mol. The molecule has 0 saturated carbocycles. The monoisotopic (exact) mass is 234 g/mol. The van der Waals surface area contributed by atoms with Crippen LogP contribution in [-0.2, 0) is 9.13 Å². The second-order valence-corrected chi connectivity index (χ2v) is 5.44. The van der Waals surface area contributed by atoms with Crippen molar-refractivity contribution in [2.45, 2.75) is 0 Å². The molecule has 0 amide bonds. The van der Waals surface area contributed by atoms with Crippen molar-refractivity contribution in [2.24, 2.45) is 0 Å². The van der Waals surface area contributed by atoms with E-state index in [-0.39, 0.29) is 0 Å². The molecule has 14 heavy (non-hydrogen) atoms. The predicted molar refractivity (Wildman–Crippen MR) is 40.9 cm³/mol. The largest absolute Gasteiger partial charge is 0.807 e. The van der Waals surface area contributed by atoms with Crippen LogP contribution < -0.4 is 30.2 Å². The molecular formula is C6H4O6P2-4. The van der Waals surface area contributed by atoms with Crippen LogP contribution in [0.1, 0.15) is 0 Å². The molecule has 0 aliphatic rings. The molecule has 6 nitrogen and oxygen atoms in total. The van der Waals surface area contributed by atoms with E-state index in [2.05, 4.69) is 0 Å². The Kier molecular flexibility index (Phi) is 2.97. The lowest BCUT2D eigenvalue weighted by molar-refractivity contribution is -0.311. The number of rotatable bonds is 2. The van der Waals surface area contributed by atoms with E-state index < -0.39 is 25.8 Å². The zero-order valence-electron chi connectivity index (χ0n) is 6.65. The molecule has 0 radical (unpaired) electrons. The maximum atomic E-state index is 10.6. The molecule has 1 aromatic carbocycles. The summed E-state index contributed by atoms with van der Waals surface area (Å²) in [6.07, 6.45) is 0. The first kappa shape index (κ1) is 11.6. The van der Waals surface area contributed by atoms with E-state index in [0.29, 0.717) is 0 Å². The van der Waals surface area contributed by atoms with Crippen LogP contribution in [0.5, 0.6) is 0 Å². The van der Waals surface area contributed by atoms with E-state index in [1.54, 1.807) is 0 Å². The molecule has 0 atom stereocenters. The zero-order chi connectivity index (χ0) is 11.0. The van der Waals surface area contributed by atoms with Gasteiger partial charge in [0, 0.05) is 0 Å². The fourth-order valence-corrected chi connectivity index (χ4v) is 2.91. The Morgan fingerprint density at radius 3 is 1.29 bits per heavy atom. The third kappa shape index (κ3) is 2.51. The summed E-state index contributed by atoms with van der Waals surface area (Å²) in [5.74, 6) is 0. The van der Waals surface area contributed by atoms with Crippen molar-refractivity contribution in [1.29, 1.82) is 0 Å². The fourth-order valence-electron chi connectivity index (χ4n) is 0.927. The quantitative estimate of drug-likeness (QED) is 0.495. The number of hydrogen-bond donors (Lipinski definition) is 0. The topological polar surface area (TPSA) is 126 Å². The summed E-state index contributed by atoms with van der Waals surface area (Å²) in [5.41, 5.74) is 0. The molecule has 0 aliphatic heterocycles. The van der Waals surface area contributed by atoms with E-state index in [0.717, 1.165) is 24.3 Å². The molecule has 0 saturated heterocycles. The average Bonchev–Trinajstić information content (AvgIpc) is 2.01. The van der Waals surface area contributed by atoms with Crippen molar-refractivity contribution in [3.05, 3.63) is 24.3 Å². The molecule has 0 heterocycles. The molecular weight excluding hydrogens is 230 g/mol. The van der Waals surface area contributed by atoms with Crippen molar-refractivity contribution in [2.75, 3.05) is 0 Å². The fraction of sp³-hybridized carbons (Fsp3) is 0. The van der Waals surface area contributed by atoms with Crippen molar-refractivity contribution in [3.63, 3.8) is 0 Å². The molecule has 0 aromatic heterocycles. The second-order valence-electron chi connectivity index (χ2n) is 2.48. The third-order valence-electron chi connectivity index (χ3n) is 1.47. The summed E-state index contributed by atoms with van der Waals surface area (Å²) >= 11 is 0. The van der Waals surface area contributed by atoms with Crippen LogP contribution in [0, 0.1) is 0 Å². The molecule has 1 aromatic rings. The highest BCUT2D eigenvalue weighted by atomic mass is 31.2. The lowest BCUT2D eigenvalue weighted by Gasteiger charge is -2.38. The SMILES string of the molecule is O=P([O-])([O-])c1ccccc1P(=O)([O-])[O-]. The molecule has 0 unspecified atom stereocenters. The van der Waals surface area contributed by atoms with Gasteiger partial charge in [-0.1, -0.05) is 24.3 Å². The van der Waals surface area contributed by atoms with Crippen LogP contribution in [0.3, 0.4) is 0 Å². The first-order valence-corrected chi connectivity index (χ1v) is 6.46. The van der Waals surface area contributed by atoms with Gasteiger partial charge in [0.1, 0.15) is 0 Å². The van der Waals surface area contributed by atoms with Crippen LogP contribution in [0.4, 0.5) is 0 Å². The van der Waals surface area contributed by atoms with E-state index in [4.69, 9.17) is 0 Å². The third-order valence-corrected chi connectivity index (χ3v) is 3.61. The van der Waals surface area contributed by atoms with Crippen molar-refractivity contribution >= 4 is 25.8 Å². The van der Waals surface area contributed by atoms with Gasteiger partial charge in [0.15, 0.2) is 0 Å². The van der Waals surface area contributed by atoms with Gasteiger partial charge in [0.05, 0.1) is 0 Å². The lowest BCUT2D eigenvalue weighted by atomic mass is 10.4. The van der Waals surface area contributed by atoms with E-state index >= 15 is 0 Å². The van der Waals surface area contributed by atoms with Gasteiger partial charge in [-0.25, -0.2) is 0 Å². The van der Waals surface area contributed by atoms with Gasteiger partial charge in [0.25, 0.3) is 0 Å². The summed E-state index contributed by atoms with van der Waals surface area (Å²) in [6.45, 7) is 0. The molecule has 1 rings (SSSR count). The van der Waals surface area contributed by atoms with Crippen LogP contribution in [-0.4, -0.2) is 0 Å². The second kappa shape index (κ2) is 3.59. The van der Waals surface area contributed by atoms with Crippen molar-refractivity contribution in [3.8, 4) is 0 Å². The van der Waals surface area contributed by atoms with Crippen LogP contribution in [0.15, 0.2) is 24.3 Å². The van der Waals surface area contributed by atoms with Gasteiger partial charge in [-0.2, -0.15) is 0 Å². The molecule has 0 fully saturated rings. The summed E-state index contributed by atoms with van der Waals surface area (Å²) in [4.78, 5) is 42.3. The standard InChI is InChI=1S/C6H8O6P2/c7-13(8,9)5-3-1-2-4-6(5)14(10,11)12/h1-4H,(H2,7,8,9)(H2,10,11,12)/p-4. The maximum Gasteiger partial charge on any atom is -0.00727 e. The molecule has 0 spiro atoms. The Labute approximate surface area is 79.5 Å². The number of benzene rings is 1. The normalized spacial score (nSPS) is 12.9. The summed E-state index contributed by atoms with van der Waals surface area (Å²) in [6, 6.07) is 3.91. The Morgan fingerprint density at radius 1 is 0.786 bits per heavy atom. The minimum absolute atomic E-state index is 0.790. The highest BCUT2D eigenvalue weighted by Crippen LogP contribution is 2.28.